The smallest absolute Gasteiger partial charge is 0.238 e. The second-order valence-electron chi connectivity index (χ2n) is 5.54. The fourth-order valence-corrected chi connectivity index (χ4v) is 4.09. The van der Waals surface area contributed by atoms with Gasteiger partial charge in [-0.05, 0) is 36.6 Å². The van der Waals surface area contributed by atoms with Crippen LogP contribution in [0.1, 0.15) is 18.2 Å². The molecule has 2 N–H and O–H groups in total. The van der Waals surface area contributed by atoms with Crippen molar-refractivity contribution >= 4 is 74.7 Å². The number of hydrogen-bond donors (Lipinski definition) is 2. The number of amidine groups is 1. The van der Waals surface area contributed by atoms with Gasteiger partial charge in [0, 0.05) is 12.1 Å². The average molecular weight is 441 g/mol. The number of carbonyl (C=O) groups excluding carboxylic acids is 2. The van der Waals surface area contributed by atoms with E-state index in [0.717, 1.165) is 22.4 Å². The Labute approximate surface area is 174 Å². The maximum absolute atomic E-state index is 12.5. The Balaban J connectivity index is 1.69. The fraction of sp³-hybridized carbons (Fsp3) is 0.176. The Kier molecular flexibility index (Phi) is 6.54. The summed E-state index contributed by atoms with van der Waals surface area (Å²) in [5.41, 5.74) is 1.24. The average Bonchev–Trinajstić information content (AvgIpc) is 3.17. The zero-order chi connectivity index (χ0) is 19.4. The number of rotatable bonds is 4. The van der Waals surface area contributed by atoms with Crippen molar-refractivity contribution in [1.82, 2.24) is 5.32 Å². The SMILES string of the molecule is C/C(=N/N=C1/NC(=O)C[C@H](C(=O)Nc2ccc(Cl)c(Cl)c2)S1)c1cccs1. The maximum atomic E-state index is 12.5. The highest BCUT2D eigenvalue weighted by atomic mass is 35.5. The van der Waals surface area contributed by atoms with Crippen LogP contribution in [-0.4, -0.2) is 27.9 Å². The molecule has 6 nitrogen and oxygen atoms in total. The van der Waals surface area contributed by atoms with Gasteiger partial charge in [-0.15, -0.1) is 16.4 Å². The van der Waals surface area contributed by atoms with Gasteiger partial charge in [-0.2, -0.15) is 5.10 Å². The molecule has 0 aliphatic carbocycles. The highest BCUT2D eigenvalue weighted by Crippen LogP contribution is 2.27. The number of thioether (sulfide) groups is 1. The third-order valence-corrected chi connectivity index (χ3v) is 6.31. The zero-order valence-corrected chi connectivity index (χ0v) is 17.2. The Morgan fingerprint density at radius 3 is 2.81 bits per heavy atom. The number of hydrogen-bond acceptors (Lipinski definition) is 6. The topological polar surface area (TPSA) is 82.9 Å². The van der Waals surface area contributed by atoms with Gasteiger partial charge in [-0.1, -0.05) is 41.0 Å². The molecule has 1 aliphatic rings. The monoisotopic (exact) mass is 440 g/mol. The van der Waals surface area contributed by atoms with E-state index in [1.807, 2.05) is 24.4 Å². The number of halogens is 2. The van der Waals surface area contributed by atoms with Crippen LogP contribution in [0.3, 0.4) is 0 Å². The molecule has 0 saturated carbocycles. The Morgan fingerprint density at radius 1 is 1.30 bits per heavy atom. The van der Waals surface area contributed by atoms with Crippen molar-refractivity contribution in [2.45, 2.75) is 18.6 Å². The predicted molar refractivity (Wildman–Crippen MR) is 113 cm³/mol. The summed E-state index contributed by atoms with van der Waals surface area (Å²) in [6.07, 6.45) is 0.0461. The molecule has 1 fully saturated rings. The molecule has 0 unspecified atom stereocenters. The van der Waals surface area contributed by atoms with Crippen LogP contribution in [0.25, 0.3) is 0 Å². The second-order valence-corrected chi connectivity index (χ2v) is 8.50. The minimum atomic E-state index is -0.621. The first kappa shape index (κ1) is 19.9. The van der Waals surface area contributed by atoms with Gasteiger partial charge in [0.2, 0.25) is 11.8 Å². The number of nitrogens with one attached hydrogen (secondary N) is 2. The van der Waals surface area contributed by atoms with E-state index in [1.165, 1.54) is 0 Å². The van der Waals surface area contributed by atoms with Crippen molar-refractivity contribution in [3.05, 3.63) is 50.6 Å². The molecule has 140 valence electrons. The molecule has 1 aromatic carbocycles. The number of thiophene rings is 1. The molecule has 1 saturated heterocycles. The maximum Gasteiger partial charge on any atom is 0.238 e. The summed E-state index contributed by atoms with van der Waals surface area (Å²) < 4.78 is 0. The van der Waals surface area contributed by atoms with Crippen molar-refractivity contribution < 1.29 is 9.59 Å². The van der Waals surface area contributed by atoms with Crippen molar-refractivity contribution in [2.75, 3.05) is 5.32 Å². The summed E-state index contributed by atoms with van der Waals surface area (Å²) in [4.78, 5) is 25.4. The van der Waals surface area contributed by atoms with Crippen LogP contribution in [0.4, 0.5) is 5.69 Å². The summed E-state index contributed by atoms with van der Waals surface area (Å²) in [6, 6.07) is 8.65. The molecule has 10 heteroatoms. The molecule has 1 atom stereocenters. The number of amides is 2. The highest BCUT2D eigenvalue weighted by Gasteiger charge is 2.30. The van der Waals surface area contributed by atoms with E-state index in [4.69, 9.17) is 23.2 Å². The van der Waals surface area contributed by atoms with Gasteiger partial charge >= 0.3 is 0 Å². The van der Waals surface area contributed by atoms with Gasteiger partial charge < -0.3 is 10.6 Å². The Morgan fingerprint density at radius 2 is 2.11 bits per heavy atom. The Hall–Kier alpha value is -1.87. The summed E-state index contributed by atoms with van der Waals surface area (Å²) in [5.74, 6) is -0.606. The van der Waals surface area contributed by atoms with Gasteiger partial charge in [0.05, 0.1) is 20.6 Å². The molecule has 1 aromatic heterocycles. The number of nitrogens with zero attached hydrogens (tertiary/aromatic N) is 2. The van der Waals surface area contributed by atoms with Crippen molar-refractivity contribution in [3.8, 4) is 0 Å². The van der Waals surface area contributed by atoms with Crippen LogP contribution in [0, 0.1) is 0 Å². The molecule has 2 amide bonds. The molecule has 3 rings (SSSR count). The van der Waals surface area contributed by atoms with E-state index in [1.54, 1.807) is 29.5 Å². The van der Waals surface area contributed by atoms with Gasteiger partial charge in [0.25, 0.3) is 0 Å². The molecule has 27 heavy (non-hydrogen) atoms. The normalized spacial score (nSPS) is 19.1. The third-order valence-electron chi connectivity index (χ3n) is 3.52. The summed E-state index contributed by atoms with van der Waals surface area (Å²) in [7, 11) is 0. The summed E-state index contributed by atoms with van der Waals surface area (Å²) in [5, 5.41) is 15.9. The first-order valence-corrected chi connectivity index (χ1v) is 10.3. The van der Waals surface area contributed by atoms with Crippen LogP contribution in [0.2, 0.25) is 10.0 Å². The minimum absolute atomic E-state index is 0.0461. The zero-order valence-electron chi connectivity index (χ0n) is 14.0. The predicted octanol–water partition coefficient (Wildman–Crippen LogP) is 4.40. The molecule has 0 spiro atoms. The lowest BCUT2D eigenvalue weighted by Crippen LogP contribution is -2.41. The number of benzene rings is 1. The molecular formula is C17H14Cl2N4O2S2. The lowest BCUT2D eigenvalue weighted by Gasteiger charge is -2.21. The first-order chi connectivity index (χ1) is 12.9. The lowest BCUT2D eigenvalue weighted by atomic mass is 10.2. The standard InChI is InChI=1S/C17H14Cl2N4O2S2/c1-9(13-3-2-6-26-13)22-23-17-21-15(24)8-14(27-17)16(25)20-10-4-5-11(18)12(19)7-10/h2-7,14H,8H2,1H3,(H,20,25)(H,21,23,24)/b22-9-/t14-/m1/s1. The van der Waals surface area contributed by atoms with Crippen LogP contribution in [-0.2, 0) is 9.59 Å². The quantitative estimate of drug-likeness (QED) is 0.545. The number of carbonyl (C=O) groups is 2. The van der Waals surface area contributed by atoms with Crippen LogP contribution < -0.4 is 10.6 Å². The van der Waals surface area contributed by atoms with E-state index in [9.17, 15) is 9.59 Å². The minimum Gasteiger partial charge on any atom is -0.325 e. The van der Waals surface area contributed by atoms with Gasteiger partial charge in [-0.3, -0.25) is 9.59 Å². The first-order valence-electron chi connectivity index (χ1n) is 7.81. The van der Waals surface area contributed by atoms with Crippen molar-refractivity contribution in [1.29, 1.82) is 0 Å². The van der Waals surface area contributed by atoms with E-state index in [2.05, 4.69) is 20.8 Å². The van der Waals surface area contributed by atoms with Gasteiger partial charge in [0.15, 0.2) is 5.17 Å². The largest absolute Gasteiger partial charge is 0.325 e. The molecule has 0 radical (unpaired) electrons. The molecule has 2 heterocycles. The number of anilines is 1. The second kappa shape index (κ2) is 8.88. The van der Waals surface area contributed by atoms with Crippen molar-refractivity contribution in [3.63, 3.8) is 0 Å². The van der Waals surface area contributed by atoms with Gasteiger partial charge in [-0.25, -0.2) is 0 Å². The van der Waals surface area contributed by atoms with Gasteiger partial charge in [0.1, 0.15) is 5.25 Å². The van der Waals surface area contributed by atoms with Crippen LogP contribution in [0.5, 0.6) is 0 Å². The fourth-order valence-electron chi connectivity index (χ4n) is 2.19. The summed E-state index contributed by atoms with van der Waals surface area (Å²) >= 11 is 14.5. The summed E-state index contributed by atoms with van der Waals surface area (Å²) in [6.45, 7) is 1.83. The van der Waals surface area contributed by atoms with E-state index >= 15 is 0 Å². The molecule has 0 bridgehead atoms. The van der Waals surface area contributed by atoms with E-state index in [-0.39, 0.29) is 23.4 Å². The third kappa shape index (κ3) is 5.32. The molecular weight excluding hydrogens is 427 g/mol. The highest BCUT2D eigenvalue weighted by molar-refractivity contribution is 8.15. The van der Waals surface area contributed by atoms with Crippen molar-refractivity contribution in [2.24, 2.45) is 10.2 Å². The van der Waals surface area contributed by atoms with Crippen LogP contribution in [0.15, 0.2) is 45.9 Å². The Bertz CT molecular complexity index is 929. The van der Waals surface area contributed by atoms with E-state index < -0.39 is 5.25 Å². The van der Waals surface area contributed by atoms with Crippen LogP contribution >= 0.6 is 46.3 Å². The molecule has 1 aliphatic heterocycles. The molecule has 2 aromatic rings. The van der Waals surface area contributed by atoms with E-state index in [0.29, 0.717) is 15.7 Å². The lowest BCUT2D eigenvalue weighted by molar-refractivity contribution is -0.123.